The monoisotopic (exact) mass is 272 g/mol. The zero-order chi connectivity index (χ0) is 14.1. The van der Waals surface area contributed by atoms with E-state index in [1.54, 1.807) is 0 Å². The Kier molecular flexibility index (Phi) is 3.68. The van der Waals surface area contributed by atoms with Gasteiger partial charge in [-0.1, -0.05) is 32.0 Å². The molecule has 4 atom stereocenters. The Bertz CT molecular complexity index is 500. The molecule has 1 aliphatic heterocycles. The second-order valence-corrected chi connectivity index (χ2v) is 6.38. The van der Waals surface area contributed by atoms with E-state index < -0.39 is 0 Å². The maximum absolute atomic E-state index is 12.6. The van der Waals surface area contributed by atoms with E-state index in [1.165, 1.54) is 6.42 Å². The van der Waals surface area contributed by atoms with Gasteiger partial charge in [-0.3, -0.25) is 4.79 Å². The van der Waals surface area contributed by atoms with E-state index in [0.29, 0.717) is 12.0 Å². The van der Waals surface area contributed by atoms with Crippen molar-refractivity contribution in [1.82, 2.24) is 5.32 Å². The van der Waals surface area contributed by atoms with Crippen LogP contribution in [0.1, 0.15) is 44.6 Å². The van der Waals surface area contributed by atoms with E-state index in [4.69, 9.17) is 0 Å². The lowest BCUT2D eigenvalue weighted by Crippen LogP contribution is -2.41. The van der Waals surface area contributed by atoms with Crippen LogP contribution in [0.5, 0.6) is 0 Å². The highest BCUT2D eigenvalue weighted by molar-refractivity contribution is 5.86. The summed E-state index contributed by atoms with van der Waals surface area (Å²) in [7, 11) is 0. The van der Waals surface area contributed by atoms with Crippen LogP contribution in [0.25, 0.3) is 0 Å². The van der Waals surface area contributed by atoms with Gasteiger partial charge in [0.2, 0.25) is 5.91 Å². The van der Waals surface area contributed by atoms with E-state index in [1.807, 2.05) is 12.1 Å². The third-order valence-corrected chi connectivity index (χ3v) is 5.19. The Morgan fingerprint density at radius 2 is 2.00 bits per heavy atom. The van der Waals surface area contributed by atoms with Crippen LogP contribution in [-0.4, -0.2) is 18.5 Å². The fourth-order valence-electron chi connectivity index (χ4n) is 3.59. The molecule has 0 saturated heterocycles. The summed E-state index contributed by atoms with van der Waals surface area (Å²) in [6.07, 6.45) is 3.25. The number of hydrogen-bond acceptors (Lipinski definition) is 2. The molecule has 4 unspecified atom stereocenters. The Morgan fingerprint density at radius 1 is 1.20 bits per heavy atom. The first kappa shape index (κ1) is 13.5. The summed E-state index contributed by atoms with van der Waals surface area (Å²) in [5.74, 6) is 1.54. The van der Waals surface area contributed by atoms with E-state index in [9.17, 15) is 4.79 Å². The van der Waals surface area contributed by atoms with Crippen molar-refractivity contribution in [2.75, 3.05) is 11.9 Å². The van der Waals surface area contributed by atoms with Crippen molar-refractivity contribution in [1.29, 1.82) is 0 Å². The van der Waals surface area contributed by atoms with Crippen molar-refractivity contribution in [2.45, 2.75) is 45.1 Å². The molecule has 0 bridgehead atoms. The highest BCUT2D eigenvalue weighted by Crippen LogP contribution is 2.34. The SMILES string of the molecule is CC1CCC(NC(=O)C2CCNc3ccccc32)C1C. The lowest BCUT2D eigenvalue weighted by Gasteiger charge is -2.28. The van der Waals surface area contributed by atoms with Gasteiger partial charge >= 0.3 is 0 Å². The molecular formula is C17H24N2O. The van der Waals surface area contributed by atoms with Crippen LogP contribution >= 0.6 is 0 Å². The Labute approximate surface area is 121 Å². The van der Waals surface area contributed by atoms with Crippen molar-refractivity contribution in [3.63, 3.8) is 0 Å². The van der Waals surface area contributed by atoms with Gasteiger partial charge in [0, 0.05) is 18.3 Å². The molecule has 3 heteroatoms. The number of nitrogens with one attached hydrogen (secondary N) is 2. The molecule has 1 heterocycles. The Morgan fingerprint density at radius 3 is 2.75 bits per heavy atom. The van der Waals surface area contributed by atoms with Crippen LogP contribution in [0.2, 0.25) is 0 Å². The van der Waals surface area contributed by atoms with Crippen LogP contribution < -0.4 is 10.6 Å². The second kappa shape index (κ2) is 5.47. The summed E-state index contributed by atoms with van der Waals surface area (Å²) < 4.78 is 0. The summed E-state index contributed by atoms with van der Waals surface area (Å²) in [6.45, 7) is 5.43. The predicted octanol–water partition coefficient (Wildman–Crippen LogP) is 3.14. The number of anilines is 1. The lowest BCUT2D eigenvalue weighted by atomic mass is 9.89. The van der Waals surface area contributed by atoms with Gasteiger partial charge in [0.05, 0.1) is 5.92 Å². The zero-order valence-corrected chi connectivity index (χ0v) is 12.4. The molecule has 1 saturated carbocycles. The average Bonchev–Trinajstić information content (AvgIpc) is 2.78. The third kappa shape index (κ3) is 2.41. The Hall–Kier alpha value is -1.51. The smallest absolute Gasteiger partial charge is 0.227 e. The van der Waals surface area contributed by atoms with Gasteiger partial charge in [0.15, 0.2) is 0 Å². The minimum absolute atomic E-state index is 0.00977. The molecule has 0 radical (unpaired) electrons. The normalized spacial score (nSPS) is 32.3. The number of para-hydroxylation sites is 1. The van der Waals surface area contributed by atoms with Crippen LogP contribution in [0, 0.1) is 11.8 Å². The van der Waals surface area contributed by atoms with Gasteiger partial charge < -0.3 is 10.6 Å². The largest absolute Gasteiger partial charge is 0.385 e. The van der Waals surface area contributed by atoms with Crippen LogP contribution in [0.3, 0.4) is 0 Å². The van der Waals surface area contributed by atoms with Crippen LogP contribution in [0.15, 0.2) is 24.3 Å². The number of carbonyl (C=O) groups excluding carboxylic acids is 1. The summed E-state index contributed by atoms with van der Waals surface area (Å²) in [4.78, 5) is 12.6. The van der Waals surface area contributed by atoms with Gasteiger partial charge in [-0.25, -0.2) is 0 Å². The summed E-state index contributed by atoms with van der Waals surface area (Å²) in [5.41, 5.74) is 2.27. The molecule has 0 spiro atoms. The molecule has 0 aromatic heterocycles. The molecule has 3 rings (SSSR count). The van der Waals surface area contributed by atoms with Gasteiger partial charge in [0.1, 0.15) is 0 Å². The number of amides is 1. The van der Waals surface area contributed by atoms with Crippen molar-refractivity contribution >= 4 is 11.6 Å². The topological polar surface area (TPSA) is 41.1 Å². The summed E-state index contributed by atoms with van der Waals surface area (Å²) >= 11 is 0. The van der Waals surface area contributed by atoms with Crippen molar-refractivity contribution in [3.8, 4) is 0 Å². The number of rotatable bonds is 2. The molecule has 2 N–H and O–H groups in total. The lowest BCUT2D eigenvalue weighted by molar-refractivity contribution is -0.123. The van der Waals surface area contributed by atoms with Gasteiger partial charge in [0.25, 0.3) is 0 Å². The highest BCUT2D eigenvalue weighted by atomic mass is 16.2. The first-order valence-electron chi connectivity index (χ1n) is 7.80. The van der Waals surface area contributed by atoms with E-state index in [0.717, 1.165) is 36.6 Å². The summed E-state index contributed by atoms with van der Waals surface area (Å²) in [6, 6.07) is 8.54. The molecule has 1 aromatic rings. The molecule has 1 aromatic carbocycles. The van der Waals surface area contributed by atoms with Crippen molar-refractivity contribution in [3.05, 3.63) is 29.8 Å². The number of benzene rings is 1. The molecule has 20 heavy (non-hydrogen) atoms. The van der Waals surface area contributed by atoms with Crippen molar-refractivity contribution in [2.24, 2.45) is 11.8 Å². The number of hydrogen-bond donors (Lipinski definition) is 2. The molecule has 1 aliphatic carbocycles. The third-order valence-electron chi connectivity index (χ3n) is 5.19. The van der Waals surface area contributed by atoms with E-state index >= 15 is 0 Å². The average molecular weight is 272 g/mol. The van der Waals surface area contributed by atoms with Gasteiger partial charge in [-0.05, 0) is 42.7 Å². The molecule has 2 aliphatic rings. The van der Waals surface area contributed by atoms with E-state index in [-0.39, 0.29) is 11.8 Å². The minimum atomic E-state index is 0.00977. The van der Waals surface area contributed by atoms with Gasteiger partial charge in [-0.2, -0.15) is 0 Å². The molecule has 1 fully saturated rings. The quantitative estimate of drug-likeness (QED) is 0.868. The molecule has 1 amide bonds. The zero-order valence-electron chi connectivity index (χ0n) is 12.4. The molecule has 3 nitrogen and oxygen atoms in total. The maximum Gasteiger partial charge on any atom is 0.227 e. The standard InChI is InChI=1S/C17H24N2O/c1-11-7-8-15(12(11)2)19-17(20)14-9-10-18-16-6-4-3-5-13(14)16/h3-6,11-12,14-15,18H,7-10H2,1-2H3,(H,19,20). The number of fused-ring (bicyclic) bond motifs is 1. The molecular weight excluding hydrogens is 248 g/mol. The molecule has 108 valence electrons. The summed E-state index contributed by atoms with van der Waals surface area (Å²) in [5, 5.41) is 6.68. The number of carbonyl (C=O) groups is 1. The van der Waals surface area contributed by atoms with Crippen molar-refractivity contribution < 1.29 is 4.79 Å². The predicted molar refractivity (Wildman–Crippen MR) is 81.8 cm³/mol. The van der Waals surface area contributed by atoms with E-state index in [2.05, 4.69) is 36.6 Å². The maximum atomic E-state index is 12.6. The first-order chi connectivity index (χ1) is 9.66. The highest BCUT2D eigenvalue weighted by Gasteiger charge is 2.33. The fourth-order valence-corrected chi connectivity index (χ4v) is 3.59. The van der Waals surface area contributed by atoms with Crippen LogP contribution in [0.4, 0.5) is 5.69 Å². The van der Waals surface area contributed by atoms with Gasteiger partial charge in [-0.15, -0.1) is 0 Å². The Balaban J connectivity index is 1.72. The first-order valence-corrected chi connectivity index (χ1v) is 7.80. The second-order valence-electron chi connectivity index (χ2n) is 6.38. The van der Waals surface area contributed by atoms with Crippen LogP contribution in [-0.2, 0) is 4.79 Å². The minimum Gasteiger partial charge on any atom is -0.385 e. The fraction of sp³-hybridized carbons (Fsp3) is 0.588.